The molecule has 0 bridgehead atoms. The van der Waals surface area contributed by atoms with Gasteiger partial charge in [-0.25, -0.2) is 0 Å². The molecule has 23 heavy (non-hydrogen) atoms. The largest absolute Gasteiger partial charge is 0.353 e. The minimum atomic E-state index is -0.0539. The average Bonchev–Trinajstić information content (AvgIpc) is 3.11. The molecule has 126 valence electrons. The van der Waals surface area contributed by atoms with Crippen molar-refractivity contribution in [2.24, 2.45) is 11.8 Å². The smallest absolute Gasteiger partial charge is 0.263 e. The molecular formula is C18H26N2O2S. The molecule has 4 nitrogen and oxygen atoms in total. The van der Waals surface area contributed by atoms with Crippen LogP contribution in [0.1, 0.15) is 55.1 Å². The lowest BCUT2D eigenvalue weighted by molar-refractivity contribution is -0.127. The van der Waals surface area contributed by atoms with Crippen LogP contribution in [0.4, 0.5) is 0 Å². The predicted octanol–water partition coefficient (Wildman–Crippen LogP) is 3.30. The van der Waals surface area contributed by atoms with Gasteiger partial charge in [0.2, 0.25) is 5.91 Å². The summed E-state index contributed by atoms with van der Waals surface area (Å²) in [5.74, 6) is 0.734. The van der Waals surface area contributed by atoms with Crippen molar-refractivity contribution in [2.45, 2.75) is 51.5 Å². The summed E-state index contributed by atoms with van der Waals surface area (Å²) in [6.07, 6.45) is 6.59. The van der Waals surface area contributed by atoms with E-state index in [0.29, 0.717) is 18.5 Å². The second kappa shape index (κ2) is 7.47. The Bertz CT molecular complexity index is 543. The SMILES string of the molecule is C[C@@H]1CCCC[C@@H]1NC(=O)[C@@H]1CCCN(C(=O)c2cccs2)C1. The Morgan fingerprint density at radius 2 is 2.04 bits per heavy atom. The summed E-state index contributed by atoms with van der Waals surface area (Å²) in [5.41, 5.74) is 0. The van der Waals surface area contributed by atoms with E-state index < -0.39 is 0 Å². The number of amides is 2. The van der Waals surface area contributed by atoms with Gasteiger partial charge >= 0.3 is 0 Å². The van der Waals surface area contributed by atoms with Crippen LogP contribution in [0.15, 0.2) is 17.5 Å². The van der Waals surface area contributed by atoms with Crippen molar-refractivity contribution in [1.29, 1.82) is 0 Å². The molecule has 1 aromatic heterocycles. The number of piperidine rings is 1. The number of nitrogens with one attached hydrogen (secondary N) is 1. The molecule has 2 aliphatic rings. The topological polar surface area (TPSA) is 49.4 Å². The first-order valence-electron chi connectivity index (χ1n) is 8.78. The lowest BCUT2D eigenvalue weighted by Gasteiger charge is -2.35. The standard InChI is InChI=1S/C18H26N2O2S/c1-13-6-2-3-8-15(13)19-17(21)14-7-4-10-20(12-14)18(22)16-9-5-11-23-16/h5,9,11,13-15H,2-4,6-8,10,12H2,1H3,(H,19,21)/t13-,14-,15+/m1/s1. The van der Waals surface area contributed by atoms with Crippen LogP contribution in [0.25, 0.3) is 0 Å². The summed E-state index contributed by atoms with van der Waals surface area (Å²) in [7, 11) is 0. The third kappa shape index (κ3) is 3.94. The number of nitrogens with zero attached hydrogens (tertiary/aromatic N) is 1. The van der Waals surface area contributed by atoms with Crippen molar-refractivity contribution < 1.29 is 9.59 Å². The van der Waals surface area contributed by atoms with E-state index >= 15 is 0 Å². The molecule has 0 radical (unpaired) electrons. The molecule has 5 heteroatoms. The van der Waals surface area contributed by atoms with Gasteiger partial charge in [0.1, 0.15) is 0 Å². The van der Waals surface area contributed by atoms with E-state index in [1.54, 1.807) is 0 Å². The summed E-state index contributed by atoms with van der Waals surface area (Å²) in [4.78, 5) is 27.7. The van der Waals surface area contributed by atoms with Crippen LogP contribution in [0, 0.1) is 11.8 Å². The van der Waals surface area contributed by atoms with Crippen molar-refractivity contribution in [1.82, 2.24) is 10.2 Å². The Kier molecular flexibility index (Phi) is 5.36. The zero-order valence-electron chi connectivity index (χ0n) is 13.8. The van der Waals surface area contributed by atoms with Gasteiger partial charge in [0.25, 0.3) is 5.91 Å². The molecule has 1 aromatic rings. The Morgan fingerprint density at radius 1 is 1.22 bits per heavy atom. The van der Waals surface area contributed by atoms with Crippen molar-refractivity contribution in [2.75, 3.05) is 13.1 Å². The summed E-state index contributed by atoms with van der Waals surface area (Å²) in [6.45, 7) is 3.56. The predicted molar refractivity (Wildman–Crippen MR) is 92.5 cm³/mol. The Balaban J connectivity index is 1.57. The second-order valence-electron chi connectivity index (χ2n) is 6.94. The average molecular weight is 334 g/mol. The molecule has 1 aliphatic carbocycles. The second-order valence-corrected chi connectivity index (χ2v) is 7.89. The number of carbonyl (C=O) groups excluding carboxylic acids is 2. The maximum absolute atomic E-state index is 12.6. The van der Waals surface area contributed by atoms with Gasteiger partial charge in [-0.3, -0.25) is 9.59 Å². The van der Waals surface area contributed by atoms with E-state index in [2.05, 4.69) is 12.2 Å². The number of rotatable bonds is 3. The van der Waals surface area contributed by atoms with Crippen molar-refractivity contribution in [3.8, 4) is 0 Å². The third-order valence-electron chi connectivity index (χ3n) is 5.25. The van der Waals surface area contributed by atoms with Crippen LogP contribution in [0.2, 0.25) is 0 Å². The number of carbonyl (C=O) groups is 2. The first kappa shape index (κ1) is 16.5. The van der Waals surface area contributed by atoms with Gasteiger partial charge < -0.3 is 10.2 Å². The molecule has 2 amide bonds. The molecule has 2 fully saturated rings. The molecule has 0 aromatic carbocycles. The number of thiophene rings is 1. The van der Waals surface area contributed by atoms with Crippen LogP contribution in [-0.4, -0.2) is 35.8 Å². The first-order chi connectivity index (χ1) is 11.1. The van der Waals surface area contributed by atoms with Crippen molar-refractivity contribution in [3.05, 3.63) is 22.4 Å². The molecular weight excluding hydrogens is 308 g/mol. The molecule has 0 unspecified atom stereocenters. The maximum Gasteiger partial charge on any atom is 0.263 e. The van der Waals surface area contributed by atoms with Gasteiger partial charge in [-0.1, -0.05) is 25.8 Å². The molecule has 3 rings (SSSR count). The Morgan fingerprint density at radius 3 is 2.78 bits per heavy atom. The van der Waals surface area contributed by atoms with Gasteiger partial charge in [0.15, 0.2) is 0 Å². The van der Waals surface area contributed by atoms with E-state index in [-0.39, 0.29) is 17.7 Å². The lowest BCUT2D eigenvalue weighted by atomic mass is 9.85. The van der Waals surface area contributed by atoms with Gasteiger partial charge in [-0.15, -0.1) is 11.3 Å². The Hall–Kier alpha value is -1.36. The molecule has 1 aliphatic heterocycles. The summed E-state index contributed by atoms with van der Waals surface area (Å²) in [6, 6.07) is 4.08. The van der Waals surface area contributed by atoms with E-state index in [1.807, 2.05) is 22.4 Å². The summed E-state index contributed by atoms with van der Waals surface area (Å²) >= 11 is 1.47. The summed E-state index contributed by atoms with van der Waals surface area (Å²) in [5, 5.41) is 5.18. The minimum Gasteiger partial charge on any atom is -0.353 e. The van der Waals surface area contributed by atoms with E-state index in [0.717, 1.165) is 30.7 Å². The third-order valence-corrected chi connectivity index (χ3v) is 6.11. The number of likely N-dealkylation sites (tertiary alicyclic amines) is 1. The van der Waals surface area contributed by atoms with Crippen molar-refractivity contribution in [3.63, 3.8) is 0 Å². The fourth-order valence-electron chi connectivity index (χ4n) is 3.76. The van der Waals surface area contributed by atoms with Crippen LogP contribution in [-0.2, 0) is 4.79 Å². The molecule has 3 atom stereocenters. The van der Waals surface area contributed by atoms with Gasteiger partial charge in [-0.05, 0) is 43.0 Å². The molecule has 2 heterocycles. The highest BCUT2D eigenvalue weighted by atomic mass is 32.1. The van der Waals surface area contributed by atoms with Crippen LogP contribution in [0.3, 0.4) is 0 Å². The molecule has 0 spiro atoms. The zero-order chi connectivity index (χ0) is 16.2. The molecule has 1 saturated heterocycles. The van der Waals surface area contributed by atoms with E-state index in [1.165, 1.54) is 30.6 Å². The highest BCUT2D eigenvalue weighted by molar-refractivity contribution is 7.12. The molecule has 1 N–H and O–H groups in total. The Labute approximate surface area is 142 Å². The van der Waals surface area contributed by atoms with E-state index in [9.17, 15) is 9.59 Å². The summed E-state index contributed by atoms with van der Waals surface area (Å²) < 4.78 is 0. The van der Waals surface area contributed by atoms with Crippen LogP contribution < -0.4 is 5.32 Å². The quantitative estimate of drug-likeness (QED) is 0.922. The normalized spacial score (nSPS) is 28.4. The maximum atomic E-state index is 12.6. The highest BCUT2D eigenvalue weighted by Gasteiger charge is 2.31. The van der Waals surface area contributed by atoms with Gasteiger partial charge in [0, 0.05) is 19.1 Å². The van der Waals surface area contributed by atoms with Crippen LogP contribution in [0.5, 0.6) is 0 Å². The lowest BCUT2D eigenvalue weighted by Crippen LogP contribution is -2.49. The van der Waals surface area contributed by atoms with Crippen LogP contribution >= 0.6 is 11.3 Å². The fourth-order valence-corrected chi connectivity index (χ4v) is 4.45. The number of hydrogen-bond acceptors (Lipinski definition) is 3. The monoisotopic (exact) mass is 334 g/mol. The molecule has 1 saturated carbocycles. The highest BCUT2D eigenvalue weighted by Crippen LogP contribution is 2.25. The van der Waals surface area contributed by atoms with Gasteiger partial charge in [-0.2, -0.15) is 0 Å². The minimum absolute atomic E-state index is 0.0539. The van der Waals surface area contributed by atoms with E-state index in [4.69, 9.17) is 0 Å². The fraction of sp³-hybridized carbons (Fsp3) is 0.667. The van der Waals surface area contributed by atoms with Gasteiger partial charge in [0.05, 0.1) is 10.8 Å². The van der Waals surface area contributed by atoms with Crippen molar-refractivity contribution >= 4 is 23.2 Å². The zero-order valence-corrected chi connectivity index (χ0v) is 14.6. The number of hydrogen-bond donors (Lipinski definition) is 1. The first-order valence-corrected chi connectivity index (χ1v) is 9.66.